The topological polar surface area (TPSA) is 131 Å². The molecular weight excluding hydrogens is 460 g/mol. The van der Waals surface area contributed by atoms with Crippen molar-refractivity contribution in [1.82, 2.24) is 15.0 Å². The van der Waals surface area contributed by atoms with Crippen LogP contribution in [0.3, 0.4) is 0 Å². The highest BCUT2D eigenvalue weighted by Crippen LogP contribution is 2.31. The van der Waals surface area contributed by atoms with Gasteiger partial charge in [-0.15, -0.1) is 0 Å². The van der Waals surface area contributed by atoms with Crippen LogP contribution in [-0.4, -0.2) is 44.0 Å². The van der Waals surface area contributed by atoms with Gasteiger partial charge in [-0.1, -0.05) is 47.2 Å². The molecule has 33 heavy (non-hydrogen) atoms. The Morgan fingerprint density at radius 1 is 1.09 bits per heavy atom. The molecule has 0 saturated heterocycles. The van der Waals surface area contributed by atoms with Gasteiger partial charge in [0.2, 0.25) is 0 Å². The number of aromatic nitrogens is 3. The predicted octanol–water partition coefficient (Wildman–Crippen LogP) is 4.77. The number of benzene rings is 2. The molecule has 1 amide bonds. The zero-order valence-electron chi connectivity index (χ0n) is 17.3. The SMILES string of the molecule is NC(=O)c1cccc2[nH]c(-c3ccc(CC(CSSc4ccccn4)OC(=O)O)cc3)nc12. The molecule has 168 valence electrons. The van der Waals surface area contributed by atoms with Gasteiger partial charge in [-0.2, -0.15) is 0 Å². The van der Waals surface area contributed by atoms with Crippen LogP contribution in [-0.2, 0) is 11.2 Å². The molecule has 0 aliphatic heterocycles. The van der Waals surface area contributed by atoms with E-state index in [0.29, 0.717) is 29.1 Å². The monoisotopic (exact) mass is 480 g/mol. The van der Waals surface area contributed by atoms with E-state index in [1.807, 2.05) is 48.5 Å². The van der Waals surface area contributed by atoms with E-state index in [1.54, 1.807) is 18.3 Å². The van der Waals surface area contributed by atoms with Gasteiger partial charge in [-0.05, 0) is 40.6 Å². The summed E-state index contributed by atoms with van der Waals surface area (Å²) in [6.45, 7) is 0. The van der Waals surface area contributed by atoms with Gasteiger partial charge < -0.3 is 20.6 Å². The zero-order chi connectivity index (χ0) is 23.2. The standard InChI is InChI=1S/C23H20N4O4S2/c24-21(28)17-4-3-5-18-20(17)27-22(26-18)15-9-7-14(8-10-15)12-16(31-23(29)30)13-32-33-19-6-1-2-11-25-19/h1-11,16H,12-13H2,(H2,24,28)(H,26,27)(H,29,30). The summed E-state index contributed by atoms with van der Waals surface area (Å²) < 4.78 is 5.08. The summed E-state index contributed by atoms with van der Waals surface area (Å²) in [7, 11) is 2.97. The van der Waals surface area contributed by atoms with Crippen molar-refractivity contribution in [3.8, 4) is 11.4 Å². The van der Waals surface area contributed by atoms with Crippen molar-refractivity contribution < 1.29 is 19.4 Å². The number of nitrogens with two attached hydrogens (primary N) is 1. The van der Waals surface area contributed by atoms with Crippen LogP contribution in [0.25, 0.3) is 22.4 Å². The maximum absolute atomic E-state index is 11.6. The van der Waals surface area contributed by atoms with Crippen LogP contribution in [0.15, 0.2) is 71.9 Å². The highest BCUT2D eigenvalue weighted by molar-refractivity contribution is 8.76. The van der Waals surface area contributed by atoms with E-state index in [-0.39, 0.29) is 0 Å². The molecule has 2 aromatic carbocycles. The molecule has 0 bridgehead atoms. The summed E-state index contributed by atoms with van der Waals surface area (Å²) in [6.07, 6.45) is 0.354. The fourth-order valence-corrected chi connectivity index (χ4v) is 5.36. The lowest BCUT2D eigenvalue weighted by atomic mass is 10.1. The van der Waals surface area contributed by atoms with Crippen LogP contribution in [0, 0.1) is 0 Å². The van der Waals surface area contributed by atoms with Gasteiger partial charge in [0.1, 0.15) is 22.5 Å². The number of amides is 1. The number of hydrogen-bond donors (Lipinski definition) is 3. The van der Waals surface area contributed by atoms with E-state index < -0.39 is 18.2 Å². The lowest BCUT2D eigenvalue weighted by Gasteiger charge is -2.15. The summed E-state index contributed by atoms with van der Waals surface area (Å²) in [5.74, 6) is 0.567. The molecule has 4 rings (SSSR count). The maximum atomic E-state index is 11.6. The Morgan fingerprint density at radius 2 is 1.91 bits per heavy atom. The summed E-state index contributed by atoms with van der Waals surface area (Å²) >= 11 is 0. The number of carbonyl (C=O) groups is 2. The number of rotatable bonds is 9. The quantitative estimate of drug-likeness (QED) is 0.231. The summed E-state index contributed by atoms with van der Waals surface area (Å²) in [5.41, 5.74) is 8.83. The molecule has 8 nitrogen and oxygen atoms in total. The Hall–Kier alpha value is -3.50. The van der Waals surface area contributed by atoms with E-state index in [9.17, 15) is 9.59 Å². The highest BCUT2D eigenvalue weighted by Gasteiger charge is 2.16. The van der Waals surface area contributed by atoms with Crippen molar-refractivity contribution in [2.24, 2.45) is 5.73 Å². The van der Waals surface area contributed by atoms with Crippen LogP contribution in [0.2, 0.25) is 0 Å². The second-order valence-electron chi connectivity index (χ2n) is 7.09. The Kier molecular flexibility index (Phi) is 7.16. The van der Waals surface area contributed by atoms with Crippen LogP contribution in [0.1, 0.15) is 15.9 Å². The normalized spacial score (nSPS) is 11.9. The molecule has 1 atom stereocenters. The van der Waals surface area contributed by atoms with E-state index in [0.717, 1.165) is 21.7 Å². The van der Waals surface area contributed by atoms with E-state index in [2.05, 4.69) is 15.0 Å². The highest BCUT2D eigenvalue weighted by atomic mass is 33.1. The number of H-pyrrole nitrogens is 1. The Labute approximate surface area is 197 Å². The lowest BCUT2D eigenvalue weighted by Crippen LogP contribution is -2.21. The first kappa shape index (κ1) is 22.7. The molecule has 0 aliphatic rings. The smallest absolute Gasteiger partial charge is 0.450 e. The van der Waals surface area contributed by atoms with Crippen LogP contribution < -0.4 is 5.73 Å². The number of nitrogens with zero attached hydrogens (tertiary/aromatic N) is 2. The van der Waals surface area contributed by atoms with Gasteiger partial charge in [0.25, 0.3) is 5.91 Å². The molecule has 0 fully saturated rings. The third-order valence-corrected chi connectivity index (χ3v) is 7.08. The number of fused-ring (bicyclic) bond motifs is 1. The molecule has 0 aliphatic carbocycles. The minimum Gasteiger partial charge on any atom is -0.450 e. The molecule has 1 unspecified atom stereocenters. The van der Waals surface area contributed by atoms with Gasteiger partial charge in [0.05, 0.1) is 11.1 Å². The van der Waals surface area contributed by atoms with Crippen molar-refractivity contribution in [2.75, 3.05) is 5.75 Å². The van der Waals surface area contributed by atoms with Crippen molar-refractivity contribution in [1.29, 1.82) is 0 Å². The molecule has 0 radical (unpaired) electrons. The number of carboxylic acid groups (broad SMARTS) is 1. The molecule has 0 spiro atoms. The Balaban J connectivity index is 1.44. The number of aromatic amines is 1. The average molecular weight is 481 g/mol. The first-order valence-corrected chi connectivity index (χ1v) is 12.3. The first-order chi connectivity index (χ1) is 16.0. The van der Waals surface area contributed by atoms with Gasteiger partial charge in [0.15, 0.2) is 0 Å². The third kappa shape index (κ3) is 5.85. The Morgan fingerprint density at radius 3 is 2.61 bits per heavy atom. The van der Waals surface area contributed by atoms with Crippen molar-refractivity contribution in [3.05, 3.63) is 78.0 Å². The largest absolute Gasteiger partial charge is 0.506 e. The van der Waals surface area contributed by atoms with Gasteiger partial charge in [-0.25, -0.2) is 14.8 Å². The second kappa shape index (κ2) is 10.4. The van der Waals surface area contributed by atoms with Crippen molar-refractivity contribution in [2.45, 2.75) is 17.6 Å². The number of ether oxygens (including phenoxy) is 1. The minimum absolute atomic E-state index is 0.362. The van der Waals surface area contributed by atoms with Crippen LogP contribution in [0.5, 0.6) is 0 Å². The first-order valence-electron chi connectivity index (χ1n) is 9.97. The lowest BCUT2D eigenvalue weighted by molar-refractivity contribution is 0.0611. The zero-order valence-corrected chi connectivity index (χ0v) is 18.9. The molecule has 4 N–H and O–H groups in total. The number of para-hydroxylation sites is 1. The van der Waals surface area contributed by atoms with Crippen molar-refractivity contribution >= 4 is 44.7 Å². The molecule has 4 aromatic rings. The van der Waals surface area contributed by atoms with Crippen LogP contribution in [0.4, 0.5) is 4.79 Å². The summed E-state index contributed by atoms with van der Waals surface area (Å²) in [4.78, 5) is 34.8. The number of hydrogen-bond acceptors (Lipinski definition) is 7. The molecule has 2 aromatic heterocycles. The van der Waals surface area contributed by atoms with Gasteiger partial charge in [-0.3, -0.25) is 4.79 Å². The fraction of sp³-hybridized carbons (Fsp3) is 0.130. The molecule has 10 heteroatoms. The third-order valence-electron chi connectivity index (χ3n) is 4.77. The minimum atomic E-state index is -1.30. The maximum Gasteiger partial charge on any atom is 0.506 e. The van der Waals surface area contributed by atoms with Crippen molar-refractivity contribution in [3.63, 3.8) is 0 Å². The Bertz CT molecular complexity index is 1260. The van der Waals surface area contributed by atoms with Crippen LogP contribution >= 0.6 is 21.6 Å². The fourth-order valence-electron chi connectivity index (χ4n) is 3.27. The number of pyridine rings is 1. The van der Waals surface area contributed by atoms with Gasteiger partial charge in [0, 0.05) is 23.9 Å². The summed E-state index contributed by atoms with van der Waals surface area (Å²) in [5, 5.41) is 9.96. The van der Waals surface area contributed by atoms with E-state index in [4.69, 9.17) is 15.6 Å². The molecular formula is C23H20N4O4S2. The van der Waals surface area contributed by atoms with Gasteiger partial charge >= 0.3 is 6.16 Å². The van der Waals surface area contributed by atoms with E-state index >= 15 is 0 Å². The number of carbonyl (C=O) groups excluding carboxylic acids is 1. The van der Waals surface area contributed by atoms with E-state index in [1.165, 1.54) is 21.6 Å². The number of imidazole rings is 1. The number of primary amides is 1. The average Bonchev–Trinajstić information content (AvgIpc) is 3.24. The summed E-state index contributed by atoms with van der Waals surface area (Å²) in [6, 6.07) is 18.5. The predicted molar refractivity (Wildman–Crippen MR) is 129 cm³/mol. The molecule has 0 saturated carbocycles. The molecule has 2 heterocycles. The second-order valence-corrected chi connectivity index (χ2v) is 9.46. The number of nitrogens with one attached hydrogen (secondary N) is 1.